The second-order valence-corrected chi connectivity index (χ2v) is 2.92. The molecule has 1 atom stereocenters. The normalized spacial score (nSPS) is 24.2. The number of rotatable bonds is 2. The highest BCUT2D eigenvalue weighted by Gasteiger charge is 2.10. The molecule has 0 spiro atoms. The lowest BCUT2D eigenvalue weighted by molar-refractivity contribution is 0.231. The number of aliphatic hydroxyl groups is 1. The second kappa shape index (κ2) is 3.74. The number of aliphatic hydroxyl groups excluding tert-OH is 1. The van der Waals surface area contributed by atoms with E-state index in [9.17, 15) is 0 Å². The number of hydrogen-bond acceptors (Lipinski definition) is 2. The number of allylic oxidation sites excluding steroid dienone is 1. The molecule has 58 valence electrons. The van der Waals surface area contributed by atoms with E-state index in [0.717, 1.165) is 0 Å². The Balaban J connectivity index is 2.23. The molecule has 0 radical (unpaired) electrons. The van der Waals surface area contributed by atoms with Crippen LogP contribution in [-0.4, -0.2) is 11.3 Å². The van der Waals surface area contributed by atoms with Crippen LogP contribution in [0.25, 0.3) is 0 Å². The molecule has 0 aromatic carbocycles. The molecule has 2 heteroatoms. The van der Waals surface area contributed by atoms with Gasteiger partial charge in [-0.1, -0.05) is 18.9 Å². The Hall–Kier alpha value is -0.340. The predicted molar refractivity (Wildman–Crippen MR) is 41.3 cm³/mol. The first-order valence-electron chi connectivity index (χ1n) is 3.91. The van der Waals surface area contributed by atoms with Crippen molar-refractivity contribution in [1.29, 1.82) is 0 Å². The van der Waals surface area contributed by atoms with Gasteiger partial charge in [0.05, 0.1) is 0 Å². The minimum Gasteiger partial charge on any atom is -0.375 e. The summed E-state index contributed by atoms with van der Waals surface area (Å²) in [7, 11) is 0. The van der Waals surface area contributed by atoms with Crippen LogP contribution in [0.3, 0.4) is 0 Å². The van der Waals surface area contributed by atoms with Gasteiger partial charge in [-0.3, -0.25) is 0 Å². The highest BCUT2D eigenvalue weighted by atomic mass is 16.3. The average molecular weight is 141 g/mol. The summed E-state index contributed by atoms with van der Waals surface area (Å²) in [6.07, 6.45) is 8.14. The topological polar surface area (TPSA) is 46.2 Å². The molecule has 3 N–H and O–H groups in total. The van der Waals surface area contributed by atoms with Crippen LogP contribution in [0, 0.1) is 5.92 Å². The van der Waals surface area contributed by atoms with Crippen molar-refractivity contribution in [2.45, 2.75) is 31.9 Å². The van der Waals surface area contributed by atoms with Crippen molar-refractivity contribution in [3.05, 3.63) is 12.2 Å². The SMILES string of the molecule is N[C@H](O)/C=C/C1CCCC1. The van der Waals surface area contributed by atoms with Gasteiger partial charge in [0, 0.05) is 0 Å². The van der Waals surface area contributed by atoms with Crippen LogP contribution >= 0.6 is 0 Å². The molecule has 0 saturated heterocycles. The second-order valence-electron chi connectivity index (χ2n) is 2.92. The van der Waals surface area contributed by atoms with Crippen molar-refractivity contribution in [3.63, 3.8) is 0 Å². The van der Waals surface area contributed by atoms with Crippen LogP contribution < -0.4 is 5.73 Å². The zero-order chi connectivity index (χ0) is 7.40. The van der Waals surface area contributed by atoms with Crippen molar-refractivity contribution in [1.82, 2.24) is 0 Å². The van der Waals surface area contributed by atoms with E-state index >= 15 is 0 Å². The van der Waals surface area contributed by atoms with E-state index < -0.39 is 6.23 Å². The summed E-state index contributed by atoms with van der Waals surface area (Å²) in [5, 5.41) is 8.70. The fraction of sp³-hybridized carbons (Fsp3) is 0.750. The largest absolute Gasteiger partial charge is 0.375 e. The summed E-state index contributed by atoms with van der Waals surface area (Å²) in [6.45, 7) is 0. The molecular weight excluding hydrogens is 126 g/mol. The van der Waals surface area contributed by atoms with Gasteiger partial charge < -0.3 is 10.8 Å². The van der Waals surface area contributed by atoms with E-state index in [0.29, 0.717) is 5.92 Å². The molecular formula is C8H15NO. The van der Waals surface area contributed by atoms with Gasteiger partial charge in [0.2, 0.25) is 0 Å². The minimum absolute atomic E-state index is 0.679. The summed E-state index contributed by atoms with van der Waals surface area (Å²) in [5.41, 5.74) is 5.14. The fourth-order valence-electron chi connectivity index (χ4n) is 1.42. The number of hydrogen-bond donors (Lipinski definition) is 2. The summed E-state index contributed by atoms with van der Waals surface area (Å²) < 4.78 is 0. The van der Waals surface area contributed by atoms with Gasteiger partial charge in [0.15, 0.2) is 0 Å². The Kier molecular flexibility index (Phi) is 2.90. The first kappa shape index (κ1) is 7.76. The first-order valence-corrected chi connectivity index (χ1v) is 3.91. The van der Waals surface area contributed by atoms with Crippen LogP contribution in [-0.2, 0) is 0 Å². The van der Waals surface area contributed by atoms with E-state index in [4.69, 9.17) is 10.8 Å². The lowest BCUT2D eigenvalue weighted by atomic mass is 10.1. The van der Waals surface area contributed by atoms with Crippen molar-refractivity contribution in [2.24, 2.45) is 11.7 Å². The zero-order valence-electron chi connectivity index (χ0n) is 6.16. The van der Waals surface area contributed by atoms with Crippen LogP contribution in [0.5, 0.6) is 0 Å². The van der Waals surface area contributed by atoms with Gasteiger partial charge in [-0.2, -0.15) is 0 Å². The summed E-state index contributed by atoms with van der Waals surface area (Å²) in [5.74, 6) is 0.679. The molecule has 0 aliphatic heterocycles. The number of nitrogens with two attached hydrogens (primary N) is 1. The van der Waals surface area contributed by atoms with Crippen LogP contribution in [0.1, 0.15) is 25.7 Å². The predicted octanol–water partition coefficient (Wildman–Crippen LogP) is 1.01. The van der Waals surface area contributed by atoms with Crippen molar-refractivity contribution >= 4 is 0 Å². The van der Waals surface area contributed by atoms with Gasteiger partial charge in [0.25, 0.3) is 0 Å². The molecule has 1 fully saturated rings. The quantitative estimate of drug-likeness (QED) is 0.445. The van der Waals surface area contributed by atoms with Gasteiger partial charge in [-0.15, -0.1) is 0 Å². The molecule has 0 unspecified atom stereocenters. The van der Waals surface area contributed by atoms with Crippen molar-refractivity contribution in [2.75, 3.05) is 0 Å². The first-order chi connectivity index (χ1) is 4.79. The van der Waals surface area contributed by atoms with E-state index in [1.54, 1.807) is 6.08 Å². The Morgan fingerprint density at radius 2 is 2.00 bits per heavy atom. The summed E-state index contributed by atoms with van der Waals surface area (Å²) in [4.78, 5) is 0. The molecule has 0 amide bonds. The van der Waals surface area contributed by atoms with E-state index in [2.05, 4.69) is 0 Å². The Bertz CT molecular complexity index is 114. The highest BCUT2D eigenvalue weighted by Crippen LogP contribution is 2.25. The highest BCUT2D eigenvalue weighted by molar-refractivity contribution is 4.93. The van der Waals surface area contributed by atoms with Gasteiger partial charge >= 0.3 is 0 Å². The Labute approximate surface area is 61.7 Å². The monoisotopic (exact) mass is 141 g/mol. The van der Waals surface area contributed by atoms with Gasteiger partial charge in [-0.25, -0.2) is 0 Å². The van der Waals surface area contributed by atoms with E-state index in [1.165, 1.54) is 25.7 Å². The van der Waals surface area contributed by atoms with Gasteiger partial charge in [-0.05, 0) is 24.8 Å². The molecule has 0 aromatic heterocycles. The maximum absolute atomic E-state index is 8.70. The lowest BCUT2D eigenvalue weighted by Gasteiger charge is -2.00. The van der Waals surface area contributed by atoms with Crippen molar-refractivity contribution < 1.29 is 5.11 Å². The Morgan fingerprint density at radius 3 is 2.50 bits per heavy atom. The fourth-order valence-corrected chi connectivity index (χ4v) is 1.42. The summed E-state index contributed by atoms with van der Waals surface area (Å²) in [6, 6.07) is 0. The third-order valence-corrected chi connectivity index (χ3v) is 1.98. The summed E-state index contributed by atoms with van der Waals surface area (Å²) >= 11 is 0. The third-order valence-electron chi connectivity index (χ3n) is 1.98. The average Bonchev–Trinajstić information content (AvgIpc) is 2.34. The molecule has 1 aliphatic carbocycles. The maximum atomic E-state index is 8.70. The zero-order valence-corrected chi connectivity index (χ0v) is 6.16. The smallest absolute Gasteiger partial charge is 0.121 e. The molecule has 1 saturated carbocycles. The van der Waals surface area contributed by atoms with Gasteiger partial charge in [0.1, 0.15) is 6.23 Å². The minimum atomic E-state index is -0.763. The Morgan fingerprint density at radius 1 is 1.40 bits per heavy atom. The van der Waals surface area contributed by atoms with E-state index in [1.807, 2.05) is 6.08 Å². The molecule has 1 aliphatic rings. The lowest BCUT2D eigenvalue weighted by Crippen LogP contribution is -2.14. The maximum Gasteiger partial charge on any atom is 0.121 e. The molecule has 10 heavy (non-hydrogen) atoms. The van der Waals surface area contributed by atoms with Crippen LogP contribution in [0.2, 0.25) is 0 Å². The molecule has 0 bridgehead atoms. The van der Waals surface area contributed by atoms with Crippen molar-refractivity contribution in [3.8, 4) is 0 Å². The molecule has 0 heterocycles. The van der Waals surface area contributed by atoms with Crippen LogP contribution in [0.15, 0.2) is 12.2 Å². The van der Waals surface area contributed by atoms with Crippen LogP contribution in [0.4, 0.5) is 0 Å². The standard InChI is InChI=1S/C8H15NO/c9-8(10)6-5-7-3-1-2-4-7/h5-8,10H,1-4,9H2/b6-5+/t8-/m1/s1. The van der Waals surface area contributed by atoms with E-state index in [-0.39, 0.29) is 0 Å². The molecule has 1 rings (SSSR count). The molecule has 0 aromatic rings. The molecule has 2 nitrogen and oxygen atoms in total. The third kappa shape index (κ3) is 2.50.